The molecule has 0 bridgehead atoms. The number of carbonyl (C=O) groups excluding carboxylic acids is 1. The molecule has 2 aromatic rings. The summed E-state index contributed by atoms with van der Waals surface area (Å²) in [6.07, 6.45) is 0.508. The summed E-state index contributed by atoms with van der Waals surface area (Å²) in [5.41, 5.74) is 2.35. The van der Waals surface area contributed by atoms with Gasteiger partial charge in [-0.05, 0) is 17.2 Å². The van der Waals surface area contributed by atoms with Gasteiger partial charge in [-0.1, -0.05) is 64.5 Å². The SMILES string of the molecule is CN(Cc1ccccc1Br)C(=O)CCNCc1ccccc1. The van der Waals surface area contributed by atoms with E-state index in [2.05, 4.69) is 33.4 Å². The molecular formula is C18H21BrN2O. The molecule has 3 nitrogen and oxygen atoms in total. The van der Waals surface area contributed by atoms with Crippen molar-refractivity contribution in [2.45, 2.75) is 19.5 Å². The van der Waals surface area contributed by atoms with E-state index in [0.717, 1.165) is 16.6 Å². The highest BCUT2D eigenvalue weighted by molar-refractivity contribution is 9.10. The fourth-order valence-corrected chi connectivity index (χ4v) is 2.60. The molecule has 0 fully saturated rings. The van der Waals surface area contributed by atoms with E-state index in [1.807, 2.05) is 49.5 Å². The highest BCUT2D eigenvalue weighted by atomic mass is 79.9. The third kappa shape index (κ3) is 5.28. The van der Waals surface area contributed by atoms with E-state index in [9.17, 15) is 4.79 Å². The molecule has 1 N–H and O–H groups in total. The van der Waals surface area contributed by atoms with Crippen LogP contribution in [0.5, 0.6) is 0 Å². The van der Waals surface area contributed by atoms with E-state index < -0.39 is 0 Å². The molecule has 4 heteroatoms. The van der Waals surface area contributed by atoms with Crippen LogP contribution in [0.1, 0.15) is 17.5 Å². The number of hydrogen-bond acceptors (Lipinski definition) is 2. The van der Waals surface area contributed by atoms with Crippen molar-refractivity contribution in [3.63, 3.8) is 0 Å². The quantitative estimate of drug-likeness (QED) is 0.765. The van der Waals surface area contributed by atoms with Crippen molar-refractivity contribution in [1.82, 2.24) is 10.2 Å². The van der Waals surface area contributed by atoms with Crippen LogP contribution in [0.3, 0.4) is 0 Å². The predicted octanol–water partition coefficient (Wildman–Crippen LogP) is 3.59. The Bertz CT molecular complexity index is 601. The van der Waals surface area contributed by atoms with Gasteiger partial charge >= 0.3 is 0 Å². The Morgan fingerprint density at radius 2 is 1.77 bits per heavy atom. The maximum atomic E-state index is 12.1. The standard InChI is InChI=1S/C18H21BrN2O/c1-21(14-16-9-5-6-10-17(16)19)18(22)11-12-20-13-15-7-3-2-4-8-15/h2-10,20H,11-14H2,1H3. The summed E-state index contributed by atoms with van der Waals surface area (Å²) in [4.78, 5) is 13.9. The van der Waals surface area contributed by atoms with Crippen molar-refractivity contribution in [3.8, 4) is 0 Å². The monoisotopic (exact) mass is 360 g/mol. The lowest BCUT2D eigenvalue weighted by atomic mass is 10.2. The summed E-state index contributed by atoms with van der Waals surface area (Å²) < 4.78 is 1.04. The molecule has 0 aliphatic heterocycles. The van der Waals surface area contributed by atoms with Crippen molar-refractivity contribution >= 4 is 21.8 Å². The van der Waals surface area contributed by atoms with Crippen LogP contribution in [0.2, 0.25) is 0 Å². The summed E-state index contributed by atoms with van der Waals surface area (Å²) in [6.45, 7) is 2.11. The Morgan fingerprint density at radius 1 is 1.09 bits per heavy atom. The molecule has 0 radical (unpaired) electrons. The highest BCUT2D eigenvalue weighted by Crippen LogP contribution is 2.17. The minimum atomic E-state index is 0.149. The normalized spacial score (nSPS) is 10.5. The topological polar surface area (TPSA) is 32.3 Å². The third-order valence-electron chi connectivity index (χ3n) is 3.48. The van der Waals surface area contributed by atoms with Crippen LogP contribution >= 0.6 is 15.9 Å². The van der Waals surface area contributed by atoms with Crippen LogP contribution in [0.4, 0.5) is 0 Å². The Kier molecular flexibility index (Phi) is 6.62. The van der Waals surface area contributed by atoms with Crippen molar-refractivity contribution in [2.24, 2.45) is 0 Å². The van der Waals surface area contributed by atoms with Gasteiger partial charge in [0.2, 0.25) is 5.91 Å². The van der Waals surface area contributed by atoms with Gasteiger partial charge in [-0.15, -0.1) is 0 Å². The largest absolute Gasteiger partial charge is 0.341 e. The molecule has 0 unspecified atom stereocenters. The Balaban J connectivity index is 1.71. The number of nitrogens with one attached hydrogen (secondary N) is 1. The second-order valence-corrected chi connectivity index (χ2v) is 6.11. The van der Waals surface area contributed by atoms with E-state index in [0.29, 0.717) is 19.5 Å². The average Bonchev–Trinajstić information content (AvgIpc) is 2.54. The zero-order chi connectivity index (χ0) is 15.8. The first kappa shape index (κ1) is 16.7. The van der Waals surface area contributed by atoms with Gasteiger partial charge in [0.25, 0.3) is 0 Å². The Hall–Kier alpha value is -1.65. The van der Waals surface area contributed by atoms with Crippen LogP contribution in [-0.4, -0.2) is 24.4 Å². The van der Waals surface area contributed by atoms with Crippen LogP contribution in [0.15, 0.2) is 59.1 Å². The first-order valence-electron chi connectivity index (χ1n) is 7.39. The summed E-state index contributed by atoms with van der Waals surface area (Å²) in [7, 11) is 1.85. The maximum Gasteiger partial charge on any atom is 0.223 e. The summed E-state index contributed by atoms with van der Waals surface area (Å²) in [6, 6.07) is 18.2. The second kappa shape index (κ2) is 8.71. The number of rotatable bonds is 7. The highest BCUT2D eigenvalue weighted by Gasteiger charge is 2.10. The fraction of sp³-hybridized carbons (Fsp3) is 0.278. The smallest absolute Gasteiger partial charge is 0.223 e. The number of halogens is 1. The van der Waals surface area contributed by atoms with Crippen LogP contribution in [0, 0.1) is 0 Å². The molecule has 2 aromatic carbocycles. The molecule has 22 heavy (non-hydrogen) atoms. The van der Waals surface area contributed by atoms with E-state index in [1.54, 1.807) is 4.90 Å². The summed E-state index contributed by atoms with van der Waals surface area (Å²) in [5, 5.41) is 3.31. The van der Waals surface area contributed by atoms with Gasteiger partial charge in [-0.3, -0.25) is 4.79 Å². The molecular weight excluding hydrogens is 340 g/mol. The summed E-state index contributed by atoms with van der Waals surface area (Å²) >= 11 is 3.51. The van der Waals surface area contributed by atoms with Gasteiger partial charge in [0.05, 0.1) is 0 Å². The average molecular weight is 361 g/mol. The molecule has 0 spiro atoms. The number of nitrogens with zero attached hydrogens (tertiary/aromatic N) is 1. The minimum Gasteiger partial charge on any atom is -0.341 e. The molecule has 0 saturated heterocycles. The van der Waals surface area contributed by atoms with Crippen molar-refractivity contribution in [1.29, 1.82) is 0 Å². The van der Waals surface area contributed by atoms with E-state index in [-0.39, 0.29) is 5.91 Å². The fourth-order valence-electron chi connectivity index (χ4n) is 2.19. The van der Waals surface area contributed by atoms with Gasteiger partial charge in [0.1, 0.15) is 0 Å². The van der Waals surface area contributed by atoms with Crippen LogP contribution < -0.4 is 5.32 Å². The third-order valence-corrected chi connectivity index (χ3v) is 4.25. The lowest BCUT2D eigenvalue weighted by Gasteiger charge is -2.18. The zero-order valence-electron chi connectivity index (χ0n) is 12.8. The first-order chi connectivity index (χ1) is 10.7. The van der Waals surface area contributed by atoms with Crippen molar-refractivity contribution < 1.29 is 4.79 Å². The van der Waals surface area contributed by atoms with Gasteiger partial charge in [-0.2, -0.15) is 0 Å². The van der Waals surface area contributed by atoms with Gasteiger partial charge in [0.15, 0.2) is 0 Å². The second-order valence-electron chi connectivity index (χ2n) is 5.25. The van der Waals surface area contributed by atoms with Crippen molar-refractivity contribution in [2.75, 3.05) is 13.6 Å². The number of amides is 1. The molecule has 1 amide bonds. The predicted molar refractivity (Wildman–Crippen MR) is 93.4 cm³/mol. The number of benzene rings is 2. The van der Waals surface area contributed by atoms with E-state index in [4.69, 9.17) is 0 Å². The molecule has 0 saturated carbocycles. The van der Waals surface area contributed by atoms with Gasteiger partial charge in [0, 0.05) is 37.6 Å². The lowest BCUT2D eigenvalue weighted by Crippen LogP contribution is -2.29. The summed E-state index contributed by atoms with van der Waals surface area (Å²) in [5.74, 6) is 0.149. The van der Waals surface area contributed by atoms with E-state index in [1.165, 1.54) is 5.56 Å². The molecule has 2 rings (SSSR count). The first-order valence-corrected chi connectivity index (χ1v) is 8.18. The number of carbonyl (C=O) groups is 1. The zero-order valence-corrected chi connectivity index (χ0v) is 14.3. The lowest BCUT2D eigenvalue weighted by molar-refractivity contribution is -0.130. The van der Waals surface area contributed by atoms with Crippen LogP contribution in [-0.2, 0) is 17.9 Å². The molecule has 0 aliphatic rings. The Morgan fingerprint density at radius 3 is 2.50 bits per heavy atom. The van der Waals surface area contributed by atoms with Gasteiger partial charge in [-0.25, -0.2) is 0 Å². The number of hydrogen-bond donors (Lipinski definition) is 1. The minimum absolute atomic E-state index is 0.149. The molecule has 0 aromatic heterocycles. The maximum absolute atomic E-state index is 12.1. The molecule has 0 aliphatic carbocycles. The van der Waals surface area contributed by atoms with Crippen molar-refractivity contribution in [3.05, 3.63) is 70.2 Å². The molecule has 0 heterocycles. The van der Waals surface area contributed by atoms with Crippen LogP contribution in [0.25, 0.3) is 0 Å². The van der Waals surface area contributed by atoms with Gasteiger partial charge < -0.3 is 10.2 Å². The molecule has 0 atom stereocenters. The van der Waals surface area contributed by atoms with E-state index >= 15 is 0 Å². The molecule has 116 valence electrons. The Labute approximate surface area is 140 Å².